The molecule has 1 heterocycles. The maximum Gasteiger partial charge on any atom is 0.137 e. The van der Waals surface area contributed by atoms with Crippen LogP contribution < -0.4 is 10.1 Å². The van der Waals surface area contributed by atoms with Gasteiger partial charge in [0.2, 0.25) is 0 Å². The van der Waals surface area contributed by atoms with E-state index in [0.717, 1.165) is 15.5 Å². The second-order valence-electron chi connectivity index (χ2n) is 3.75. The Kier molecular flexibility index (Phi) is 4.51. The van der Waals surface area contributed by atoms with Crippen molar-refractivity contribution in [1.29, 1.82) is 0 Å². The first-order valence-electron chi connectivity index (χ1n) is 5.41. The molecular weight excluding hydrogens is 289 g/mol. The third-order valence-corrected chi connectivity index (χ3v) is 4.44. The SMILES string of the molecule is CNC(c1ccc(Cl)c(OC)c1)c1sccc1Cl. The van der Waals surface area contributed by atoms with E-state index in [1.807, 2.05) is 36.7 Å². The maximum absolute atomic E-state index is 6.18. The Morgan fingerprint density at radius 2 is 2.00 bits per heavy atom. The molecule has 0 radical (unpaired) electrons. The van der Waals surface area contributed by atoms with E-state index in [4.69, 9.17) is 27.9 Å². The lowest BCUT2D eigenvalue weighted by atomic mass is 10.1. The summed E-state index contributed by atoms with van der Waals surface area (Å²) in [5.74, 6) is 0.669. The summed E-state index contributed by atoms with van der Waals surface area (Å²) >= 11 is 13.8. The summed E-state index contributed by atoms with van der Waals surface area (Å²) in [5.41, 5.74) is 1.07. The largest absolute Gasteiger partial charge is 0.495 e. The van der Waals surface area contributed by atoms with Gasteiger partial charge >= 0.3 is 0 Å². The zero-order valence-corrected chi connectivity index (χ0v) is 12.4. The highest BCUT2D eigenvalue weighted by Gasteiger charge is 2.17. The van der Waals surface area contributed by atoms with Crippen molar-refractivity contribution in [1.82, 2.24) is 5.32 Å². The van der Waals surface area contributed by atoms with Gasteiger partial charge in [0.25, 0.3) is 0 Å². The quantitative estimate of drug-likeness (QED) is 0.905. The third kappa shape index (κ3) is 2.64. The van der Waals surface area contributed by atoms with Crippen molar-refractivity contribution >= 4 is 34.5 Å². The van der Waals surface area contributed by atoms with E-state index < -0.39 is 0 Å². The van der Waals surface area contributed by atoms with Gasteiger partial charge in [0.15, 0.2) is 0 Å². The zero-order chi connectivity index (χ0) is 13.1. The van der Waals surface area contributed by atoms with Gasteiger partial charge in [0, 0.05) is 4.88 Å². The van der Waals surface area contributed by atoms with Crippen LogP contribution in [0.25, 0.3) is 0 Å². The van der Waals surface area contributed by atoms with E-state index in [0.29, 0.717) is 10.8 Å². The van der Waals surface area contributed by atoms with E-state index >= 15 is 0 Å². The molecule has 0 spiro atoms. The minimum Gasteiger partial charge on any atom is -0.495 e. The first-order chi connectivity index (χ1) is 8.67. The summed E-state index contributed by atoms with van der Waals surface area (Å²) in [6.07, 6.45) is 0. The lowest BCUT2D eigenvalue weighted by Crippen LogP contribution is -2.16. The van der Waals surface area contributed by atoms with Crippen LogP contribution in [0.4, 0.5) is 0 Å². The summed E-state index contributed by atoms with van der Waals surface area (Å²) in [7, 11) is 3.51. The Balaban J connectivity index is 2.42. The van der Waals surface area contributed by atoms with E-state index in [1.165, 1.54) is 0 Å². The topological polar surface area (TPSA) is 21.3 Å². The lowest BCUT2D eigenvalue weighted by molar-refractivity contribution is 0.414. The maximum atomic E-state index is 6.18. The number of benzene rings is 1. The monoisotopic (exact) mass is 301 g/mol. The third-order valence-electron chi connectivity index (χ3n) is 2.70. The molecule has 0 amide bonds. The predicted molar refractivity (Wildman–Crippen MR) is 78.2 cm³/mol. The number of ether oxygens (including phenoxy) is 1. The first-order valence-corrected chi connectivity index (χ1v) is 7.04. The van der Waals surface area contributed by atoms with Gasteiger partial charge in [-0.3, -0.25) is 0 Å². The number of methoxy groups -OCH3 is 1. The van der Waals surface area contributed by atoms with E-state index in [2.05, 4.69) is 5.32 Å². The molecular formula is C13H13Cl2NOS. The van der Waals surface area contributed by atoms with Crippen molar-refractivity contribution in [2.75, 3.05) is 14.2 Å². The van der Waals surface area contributed by atoms with Gasteiger partial charge < -0.3 is 10.1 Å². The lowest BCUT2D eigenvalue weighted by Gasteiger charge is -2.17. The number of hydrogen-bond acceptors (Lipinski definition) is 3. The Morgan fingerprint density at radius 3 is 2.56 bits per heavy atom. The van der Waals surface area contributed by atoms with Crippen molar-refractivity contribution < 1.29 is 4.74 Å². The molecule has 18 heavy (non-hydrogen) atoms. The standard InChI is InChI=1S/C13H13Cl2NOS/c1-16-12(13-10(15)5-6-18-13)8-3-4-9(14)11(7-8)17-2/h3-7,12,16H,1-2H3. The highest BCUT2D eigenvalue weighted by atomic mass is 35.5. The van der Waals surface area contributed by atoms with Crippen LogP contribution in [-0.4, -0.2) is 14.2 Å². The summed E-state index contributed by atoms with van der Waals surface area (Å²) in [6, 6.07) is 7.69. The molecule has 1 aromatic carbocycles. The normalized spacial score (nSPS) is 12.4. The molecule has 5 heteroatoms. The van der Waals surface area contributed by atoms with Gasteiger partial charge in [-0.25, -0.2) is 0 Å². The highest BCUT2D eigenvalue weighted by Crippen LogP contribution is 2.35. The Morgan fingerprint density at radius 1 is 1.22 bits per heavy atom. The molecule has 0 fully saturated rings. The van der Waals surface area contributed by atoms with Crippen molar-refractivity contribution in [3.63, 3.8) is 0 Å². The van der Waals surface area contributed by atoms with Crippen LogP contribution in [0.15, 0.2) is 29.6 Å². The zero-order valence-electron chi connectivity index (χ0n) is 10.0. The van der Waals surface area contributed by atoms with Crippen LogP contribution in [-0.2, 0) is 0 Å². The fraction of sp³-hybridized carbons (Fsp3) is 0.231. The van der Waals surface area contributed by atoms with Crippen LogP contribution in [0.1, 0.15) is 16.5 Å². The van der Waals surface area contributed by atoms with E-state index in [9.17, 15) is 0 Å². The van der Waals surface area contributed by atoms with Crippen LogP contribution >= 0.6 is 34.5 Å². The van der Waals surface area contributed by atoms with Gasteiger partial charge in [-0.05, 0) is 36.2 Å². The molecule has 2 rings (SSSR count). The van der Waals surface area contributed by atoms with Crippen molar-refractivity contribution in [2.45, 2.75) is 6.04 Å². The molecule has 0 saturated carbocycles. The summed E-state index contributed by atoms with van der Waals surface area (Å²) in [4.78, 5) is 1.09. The van der Waals surface area contributed by atoms with Crippen molar-refractivity contribution in [2.24, 2.45) is 0 Å². The molecule has 0 bridgehead atoms. The number of thiophene rings is 1. The molecule has 0 aliphatic rings. The molecule has 0 aliphatic heterocycles. The average molecular weight is 302 g/mol. The molecule has 2 nitrogen and oxygen atoms in total. The molecule has 2 aromatic rings. The number of halogens is 2. The van der Waals surface area contributed by atoms with Gasteiger partial charge in [0.1, 0.15) is 5.75 Å². The Labute approximate surface area is 120 Å². The van der Waals surface area contributed by atoms with Crippen LogP contribution in [0.5, 0.6) is 5.75 Å². The fourth-order valence-corrected chi connectivity index (χ4v) is 3.31. The van der Waals surface area contributed by atoms with Crippen molar-refractivity contribution in [3.05, 3.63) is 50.1 Å². The molecule has 96 valence electrons. The predicted octanol–water partition coefficient (Wildman–Crippen LogP) is 4.37. The summed E-state index contributed by atoms with van der Waals surface area (Å²) in [5, 5.41) is 6.62. The van der Waals surface area contributed by atoms with Gasteiger partial charge in [-0.2, -0.15) is 0 Å². The van der Waals surface area contributed by atoms with Gasteiger partial charge in [-0.15, -0.1) is 11.3 Å². The minimum atomic E-state index is 0.0451. The molecule has 1 N–H and O–H groups in total. The number of nitrogens with one attached hydrogen (secondary N) is 1. The van der Waals surface area contributed by atoms with Gasteiger partial charge in [-0.1, -0.05) is 29.3 Å². The summed E-state index contributed by atoms with van der Waals surface area (Å²) in [6.45, 7) is 0. The Bertz CT molecular complexity index is 542. The molecule has 1 aromatic heterocycles. The van der Waals surface area contributed by atoms with Crippen molar-refractivity contribution in [3.8, 4) is 5.75 Å². The second-order valence-corrected chi connectivity index (χ2v) is 5.51. The average Bonchev–Trinajstić information content (AvgIpc) is 2.79. The molecule has 0 saturated heterocycles. The minimum absolute atomic E-state index is 0.0451. The highest BCUT2D eigenvalue weighted by molar-refractivity contribution is 7.10. The number of rotatable bonds is 4. The molecule has 1 unspecified atom stereocenters. The van der Waals surface area contributed by atoms with Crippen LogP contribution in [0, 0.1) is 0 Å². The Hall–Kier alpha value is -0.740. The van der Waals surface area contributed by atoms with E-state index in [1.54, 1.807) is 18.4 Å². The smallest absolute Gasteiger partial charge is 0.137 e. The van der Waals surface area contributed by atoms with Crippen LogP contribution in [0.2, 0.25) is 10.0 Å². The second kappa shape index (κ2) is 5.93. The number of hydrogen-bond donors (Lipinski definition) is 1. The van der Waals surface area contributed by atoms with Gasteiger partial charge in [0.05, 0.1) is 23.2 Å². The molecule has 0 aliphatic carbocycles. The van der Waals surface area contributed by atoms with Crippen LogP contribution in [0.3, 0.4) is 0 Å². The van der Waals surface area contributed by atoms with E-state index in [-0.39, 0.29) is 6.04 Å². The molecule has 1 atom stereocenters. The summed E-state index contributed by atoms with van der Waals surface area (Å²) < 4.78 is 5.24. The fourth-order valence-electron chi connectivity index (χ4n) is 1.82. The first kappa shape index (κ1) is 13.7.